The van der Waals surface area contributed by atoms with E-state index in [0.29, 0.717) is 96.1 Å². The zero-order valence-corrected chi connectivity index (χ0v) is 21.7. The second-order valence-electron chi connectivity index (χ2n) is 7.29. The molecule has 0 atom stereocenters. The molecule has 0 amide bonds. The second kappa shape index (κ2) is 21.0. The highest BCUT2D eigenvalue weighted by Crippen LogP contribution is 2.16. The normalized spacial score (nSPS) is 11.9. The largest absolute Gasteiger partial charge is 0.379 e. The van der Waals surface area contributed by atoms with Gasteiger partial charge in [-0.1, -0.05) is 26.8 Å². The molecule has 0 aliphatic heterocycles. The van der Waals surface area contributed by atoms with Crippen LogP contribution in [0.15, 0.2) is 22.7 Å². The summed E-state index contributed by atoms with van der Waals surface area (Å²) >= 11 is 1.40. The molecule has 0 spiro atoms. The SMILES string of the molecule is C[SH](C)(=O)CSc1ncc(COCCOCCOCCOCCOCCOCCN=[N+]=[N-])cn1. The van der Waals surface area contributed by atoms with Crippen molar-refractivity contribution in [1.82, 2.24) is 9.97 Å². The van der Waals surface area contributed by atoms with Crippen LogP contribution in [0.3, 0.4) is 0 Å². The summed E-state index contributed by atoms with van der Waals surface area (Å²) in [4.78, 5) is 11.1. The highest BCUT2D eigenvalue weighted by atomic mass is 32.3. The first-order chi connectivity index (χ1) is 16.5. The number of nitrogens with zero attached hydrogens (tertiary/aromatic N) is 5. The van der Waals surface area contributed by atoms with Crippen LogP contribution in [0.5, 0.6) is 0 Å². The molecule has 0 bridgehead atoms. The summed E-state index contributed by atoms with van der Waals surface area (Å²) in [6, 6.07) is 0. The molecule has 1 aromatic rings. The highest BCUT2D eigenvalue weighted by Gasteiger charge is 2.05. The number of aromatic nitrogens is 2. The molecule has 0 N–H and O–H groups in total. The van der Waals surface area contributed by atoms with Crippen molar-refractivity contribution in [2.45, 2.75) is 11.8 Å². The Morgan fingerprint density at radius 1 is 0.824 bits per heavy atom. The Balaban J connectivity index is 1.81. The number of azide groups is 1. The molecule has 1 heterocycles. The van der Waals surface area contributed by atoms with E-state index in [1.165, 1.54) is 11.8 Å². The Labute approximate surface area is 206 Å². The molecule has 0 radical (unpaired) electrons. The summed E-state index contributed by atoms with van der Waals surface area (Å²) in [6.45, 7) is 5.94. The van der Waals surface area contributed by atoms with E-state index in [1.54, 1.807) is 24.9 Å². The second-order valence-corrected chi connectivity index (χ2v) is 12.1. The molecule has 0 saturated heterocycles. The Hall–Kier alpha value is -1.35. The number of ether oxygens (including phenoxy) is 6. The fourth-order valence-electron chi connectivity index (χ4n) is 2.14. The van der Waals surface area contributed by atoms with Gasteiger partial charge in [0.1, 0.15) is 0 Å². The van der Waals surface area contributed by atoms with Crippen LogP contribution in [0, 0.1) is 0 Å². The number of hydrogen-bond acceptors (Lipinski definition) is 11. The smallest absolute Gasteiger partial charge is 0.188 e. The van der Waals surface area contributed by atoms with E-state index in [0.717, 1.165) is 5.56 Å². The van der Waals surface area contributed by atoms with Crippen molar-refractivity contribution in [2.24, 2.45) is 5.11 Å². The maximum atomic E-state index is 11.7. The fraction of sp³-hybridized carbons (Fsp3) is 0.800. The first-order valence-corrected chi connectivity index (χ1v) is 14.7. The molecular formula is C20H37N5O7S2. The third-order valence-electron chi connectivity index (χ3n) is 3.71. The van der Waals surface area contributed by atoms with Crippen molar-refractivity contribution in [1.29, 1.82) is 0 Å². The first-order valence-electron chi connectivity index (χ1n) is 11.0. The molecule has 34 heavy (non-hydrogen) atoms. The molecule has 0 aliphatic rings. The molecular weight excluding hydrogens is 486 g/mol. The summed E-state index contributed by atoms with van der Waals surface area (Å²) in [7, 11) is -2.08. The van der Waals surface area contributed by atoms with Crippen LogP contribution in [-0.2, 0) is 45.0 Å². The quantitative estimate of drug-likeness (QED) is 0.0427. The molecule has 1 rings (SSSR count). The molecule has 1 aromatic heterocycles. The zero-order valence-electron chi connectivity index (χ0n) is 20.0. The number of thioether (sulfide) groups is 1. The average Bonchev–Trinajstić information content (AvgIpc) is 2.82. The maximum absolute atomic E-state index is 11.7. The van der Waals surface area contributed by atoms with Gasteiger partial charge in [-0.05, 0) is 18.0 Å². The van der Waals surface area contributed by atoms with Crippen LogP contribution < -0.4 is 0 Å². The van der Waals surface area contributed by atoms with Gasteiger partial charge in [-0.15, -0.1) is 0 Å². The summed E-state index contributed by atoms with van der Waals surface area (Å²) in [5, 5.41) is 4.52. The number of rotatable bonds is 23. The minimum atomic E-state index is -2.08. The van der Waals surface area contributed by atoms with E-state index in [2.05, 4.69) is 20.0 Å². The lowest BCUT2D eigenvalue weighted by molar-refractivity contribution is -0.0174. The van der Waals surface area contributed by atoms with E-state index in [-0.39, 0.29) is 0 Å². The standard InChI is InChI=1S/C20H37N5O7S2/c1-34(2,26)18-33-20-22-15-19(16-23-20)17-32-14-13-31-12-11-30-10-9-29-8-7-28-6-5-27-4-3-24-25-21/h15-16,34H,3-14,17-18H2,1-2H3. The maximum Gasteiger partial charge on any atom is 0.188 e. The fourth-order valence-corrected chi connectivity index (χ4v) is 4.10. The minimum absolute atomic E-state index is 0.328. The number of hydrogen-bond donors (Lipinski definition) is 1. The molecule has 0 fully saturated rings. The van der Waals surface area contributed by atoms with Crippen LogP contribution in [0.25, 0.3) is 10.4 Å². The first kappa shape index (κ1) is 30.7. The van der Waals surface area contributed by atoms with E-state index < -0.39 is 9.93 Å². The van der Waals surface area contributed by atoms with Crippen LogP contribution in [0.2, 0.25) is 0 Å². The van der Waals surface area contributed by atoms with Crippen molar-refractivity contribution in [3.63, 3.8) is 0 Å². The van der Waals surface area contributed by atoms with Crippen LogP contribution in [0.4, 0.5) is 0 Å². The Morgan fingerprint density at radius 2 is 1.26 bits per heavy atom. The van der Waals surface area contributed by atoms with E-state index >= 15 is 0 Å². The van der Waals surface area contributed by atoms with Crippen molar-refractivity contribution >= 4 is 21.7 Å². The molecule has 14 heteroatoms. The topological polar surface area (TPSA) is 147 Å². The van der Waals surface area contributed by atoms with Gasteiger partial charge in [-0.2, -0.15) is 0 Å². The van der Waals surface area contributed by atoms with E-state index in [4.69, 9.17) is 34.0 Å². The van der Waals surface area contributed by atoms with Gasteiger partial charge in [0.15, 0.2) is 5.16 Å². The molecule has 0 saturated carbocycles. The monoisotopic (exact) mass is 523 g/mol. The summed E-state index contributed by atoms with van der Waals surface area (Å²) in [6.07, 6.45) is 6.95. The van der Waals surface area contributed by atoms with Crippen molar-refractivity contribution in [3.05, 3.63) is 28.4 Å². The third kappa shape index (κ3) is 20.1. The third-order valence-corrected chi connectivity index (χ3v) is 7.19. The molecule has 0 aliphatic carbocycles. The summed E-state index contributed by atoms with van der Waals surface area (Å²) in [5.41, 5.74) is 8.99. The summed E-state index contributed by atoms with van der Waals surface area (Å²) in [5.74, 6) is 0. The van der Waals surface area contributed by atoms with Crippen molar-refractivity contribution in [3.8, 4) is 0 Å². The Morgan fingerprint density at radius 3 is 1.71 bits per heavy atom. The molecule has 196 valence electrons. The van der Waals surface area contributed by atoms with Crippen molar-refractivity contribution in [2.75, 3.05) is 96.8 Å². The zero-order chi connectivity index (χ0) is 24.7. The highest BCUT2D eigenvalue weighted by molar-refractivity contribution is 8.16. The lowest BCUT2D eigenvalue weighted by Crippen LogP contribution is -2.14. The number of thiol groups is 1. The minimum Gasteiger partial charge on any atom is -0.379 e. The Kier molecular flexibility index (Phi) is 18.9. The van der Waals surface area contributed by atoms with Gasteiger partial charge < -0.3 is 28.4 Å². The van der Waals surface area contributed by atoms with E-state index in [9.17, 15) is 4.21 Å². The van der Waals surface area contributed by atoms with Crippen LogP contribution in [-0.4, -0.2) is 111 Å². The van der Waals surface area contributed by atoms with Crippen LogP contribution in [0.1, 0.15) is 5.56 Å². The predicted octanol–water partition coefficient (Wildman–Crippen LogP) is 1.71. The van der Waals surface area contributed by atoms with Crippen molar-refractivity contribution < 1.29 is 32.6 Å². The lowest BCUT2D eigenvalue weighted by atomic mass is 10.4. The van der Waals surface area contributed by atoms with Gasteiger partial charge in [0.25, 0.3) is 0 Å². The van der Waals surface area contributed by atoms with Gasteiger partial charge in [0.2, 0.25) is 0 Å². The van der Waals surface area contributed by atoms with Gasteiger partial charge in [0.05, 0.1) is 84.4 Å². The van der Waals surface area contributed by atoms with Crippen LogP contribution >= 0.6 is 11.8 Å². The molecule has 12 nitrogen and oxygen atoms in total. The van der Waals surface area contributed by atoms with E-state index in [1.807, 2.05) is 0 Å². The van der Waals surface area contributed by atoms with Gasteiger partial charge in [-0.3, -0.25) is 4.21 Å². The van der Waals surface area contributed by atoms with Gasteiger partial charge in [0, 0.05) is 29.4 Å². The van der Waals surface area contributed by atoms with Gasteiger partial charge >= 0.3 is 0 Å². The summed E-state index contributed by atoms with van der Waals surface area (Å²) < 4.78 is 44.1. The molecule has 0 unspecified atom stereocenters. The lowest BCUT2D eigenvalue weighted by Gasteiger charge is -2.10. The predicted molar refractivity (Wildman–Crippen MR) is 132 cm³/mol. The molecule has 0 aromatic carbocycles. The average molecular weight is 524 g/mol. The Bertz CT molecular complexity index is 718. The van der Waals surface area contributed by atoms with Gasteiger partial charge in [-0.25, -0.2) is 9.97 Å².